The van der Waals surface area contributed by atoms with Crippen molar-refractivity contribution >= 4 is 17.4 Å². The van der Waals surface area contributed by atoms with Crippen LogP contribution in [0.1, 0.15) is 29.7 Å². The lowest BCUT2D eigenvalue weighted by Crippen LogP contribution is -2.45. The second kappa shape index (κ2) is 6.15. The maximum absolute atomic E-state index is 11.7. The van der Waals surface area contributed by atoms with E-state index in [0.717, 1.165) is 29.3 Å². The maximum atomic E-state index is 11.7. The number of aryl methyl sites for hydroxylation is 1. The molecule has 5 nitrogen and oxygen atoms in total. The number of carbonyl (C=O) groups excluding carboxylic acids is 1. The third-order valence-corrected chi connectivity index (χ3v) is 3.89. The number of carbonyl (C=O) groups is 1. The lowest BCUT2D eigenvalue weighted by atomic mass is 10.1. The smallest absolute Gasteiger partial charge is 0.315 e. The van der Waals surface area contributed by atoms with Gasteiger partial charge in [0.2, 0.25) is 0 Å². The first-order valence-corrected chi connectivity index (χ1v) is 7.04. The van der Waals surface area contributed by atoms with Gasteiger partial charge in [-0.05, 0) is 26.7 Å². The second-order valence-electron chi connectivity index (χ2n) is 4.51. The zero-order valence-corrected chi connectivity index (χ0v) is 11.5. The van der Waals surface area contributed by atoms with Gasteiger partial charge in [0.15, 0.2) is 0 Å². The number of amides is 2. The van der Waals surface area contributed by atoms with E-state index in [1.165, 1.54) is 0 Å². The van der Waals surface area contributed by atoms with Gasteiger partial charge >= 0.3 is 6.03 Å². The molecule has 0 radical (unpaired) electrons. The SMILES string of the molecule is Cc1ncc(CNC(=O)NC(C)C2CCCO2)s1. The van der Waals surface area contributed by atoms with Crippen LogP contribution in [0.25, 0.3) is 0 Å². The van der Waals surface area contributed by atoms with Crippen LogP contribution >= 0.6 is 11.3 Å². The highest BCUT2D eigenvalue weighted by Gasteiger charge is 2.23. The van der Waals surface area contributed by atoms with E-state index in [9.17, 15) is 4.79 Å². The minimum Gasteiger partial charge on any atom is -0.376 e. The molecule has 1 saturated heterocycles. The zero-order valence-electron chi connectivity index (χ0n) is 10.7. The molecule has 0 aromatic carbocycles. The van der Waals surface area contributed by atoms with Crippen molar-refractivity contribution < 1.29 is 9.53 Å². The van der Waals surface area contributed by atoms with Gasteiger partial charge in [0.25, 0.3) is 0 Å². The van der Waals surface area contributed by atoms with Crippen LogP contribution in [0.4, 0.5) is 4.79 Å². The normalized spacial score (nSPS) is 20.7. The molecule has 1 fully saturated rings. The molecule has 2 amide bonds. The van der Waals surface area contributed by atoms with Gasteiger partial charge in [-0.3, -0.25) is 0 Å². The van der Waals surface area contributed by atoms with Crippen LogP contribution in [0.2, 0.25) is 0 Å². The van der Waals surface area contributed by atoms with Crippen LogP contribution in [0.5, 0.6) is 0 Å². The van der Waals surface area contributed by atoms with Crippen molar-refractivity contribution in [1.29, 1.82) is 0 Å². The van der Waals surface area contributed by atoms with Crippen molar-refractivity contribution in [2.45, 2.75) is 45.4 Å². The van der Waals surface area contributed by atoms with E-state index in [2.05, 4.69) is 15.6 Å². The first-order chi connectivity index (χ1) is 8.65. The summed E-state index contributed by atoms with van der Waals surface area (Å²) < 4.78 is 5.53. The highest BCUT2D eigenvalue weighted by atomic mass is 32.1. The molecule has 1 aliphatic rings. The van der Waals surface area contributed by atoms with Crippen LogP contribution in [-0.2, 0) is 11.3 Å². The summed E-state index contributed by atoms with van der Waals surface area (Å²) in [6.07, 6.45) is 4.05. The molecule has 0 bridgehead atoms. The van der Waals surface area contributed by atoms with E-state index in [1.54, 1.807) is 17.5 Å². The van der Waals surface area contributed by atoms with E-state index in [4.69, 9.17) is 4.74 Å². The van der Waals surface area contributed by atoms with Gasteiger partial charge < -0.3 is 15.4 Å². The lowest BCUT2D eigenvalue weighted by Gasteiger charge is -2.20. The molecule has 1 aromatic rings. The van der Waals surface area contributed by atoms with E-state index in [0.29, 0.717) is 6.54 Å². The van der Waals surface area contributed by atoms with Crippen molar-refractivity contribution in [3.63, 3.8) is 0 Å². The van der Waals surface area contributed by atoms with Gasteiger partial charge in [0.05, 0.1) is 23.7 Å². The summed E-state index contributed by atoms with van der Waals surface area (Å²) in [6.45, 7) is 5.26. The summed E-state index contributed by atoms with van der Waals surface area (Å²) in [6, 6.07) is -0.0975. The summed E-state index contributed by atoms with van der Waals surface area (Å²) in [4.78, 5) is 16.9. The monoisotopic (exact) mass is 269 g/mol. The Labute approximate surface area is 111 Å². The van der Waals surface area contributed by atoms with Crippen molar-refractivity contribution in [3.8, 4) is 0 Å². The number of aromatic nitrogens is 1. The fourth-order valence-electron chi connectivity index (χ4n) is 2.00. The summed E-state index contributed by atoms with van der Waals surface area (Å²) in [7, 11) is 0. The largest absolute Gasteiger partial charge is 0.376 e. The quantitative estimate of drug-likeness (QED) is 0.876. The van der Waals surface area contributed by atoms with Crippen molar-refractivity contribution in [3.05, 3.63) is 16.1 Å². The second-order valence-corrected chi connectivity index (χ2v) is 5.83. The molecule has 0 saturated carbocycles. The van der Waals surface area contributed by atoms with Crippen LogP contribution in [0, 0.1) is 6.92 Å². The summed E-state index contributed by atoms with van der Waals surface area (Å²) >= 11 is 1.60. The van der Waals surface area contributed by atoms with Crippen LogP contribution in [0.15, 0.2) is 6.20 Å². The minimum atomic E-state index is -0.149. The van der Waals surface area contributed by atoms with Crippen LogP contribution in [-0.4, -0.2) is 29.8 Å². The van der Waals surface area contributed by atoms with Gasteiger partial charge in [0, 0.05) is 17.7 Å². The van der Waals surface area contributed by atoms with Gasteiger partial charge in [-0.1, -0.05) is 0 Å². The Bertz CT molecular complexity index is 402. The van der Waals surface area contributed by atoms with Crippen molar-refractivity contribution in [2.24, 2.45) is 0 Å². The predicted octanol–water partition coefficient (Wildman–Crippen LogP) is 1.82. The molecule has 2 N–H and O–H groups in total. The predicted molar refractivity (Wildman–Crippen MR) is 70.7 cm³/mol. The number of thiazole rings is 1. The zero-order chi connectivity index (χ0) is 13.0. The molecule has 18 heavy (non-hydrogen) atoms. The molecule has 0 aliphatic carbocycles. The number of hydrogen-bond acceptors (Lipinski definition) is 4. The van der Waals surface area contributed by atoms with E-state index in [-0.39, 0.29) is 18.2 Å². The maximum Gasteiger partial charge on any atom is 0.315 e. The highest BCUT2D eigenvalue weighted by molar-refractivity contribution is 7.11. The summed E-state index contributed by atoms with van der Waals surface area (Å²) in [5, 5.41) is 6.75. The lowest BCUT2D eigenvalue weighted by molar-refractivity contribution is 0.0860. The summed E-state index contributed by atoms with van der Waals surface area (Å²) in [5.41, 5.74) is 0. The number of hydrogen-bond donors (Lipinski definition) is 2. The Balaban J connectivity index is 1.71. The molecule has 2 unspecified atom stereocenters. The molecule has 0 spiro atoms. The topological polar surface area (TPSA) is 63.2 Å². The van der Waals surface area contributed by atoms with Gasteiger partial charge in [0.1, 0.15) is 0 Å². The number of urea groups is 1. The first-order valence-electron chi connectivity index (χ1n) is 6.22. The highest BCUT2D eigenvalue weighted by Crippen LogP contribution is 2.15. The fourth-order valence-corrected chi connectivity index (χ4v) is 2.74. The Morgan fingerprint density at radius 1 is 1.72 bits per heavy atom. The van der Waals surface area contributed by atoms with Gasteiger partial charge in [-0.2, -0.15) is 0 Å². The Morgan fingerprint density at radius 3 is 3.17 bits per heavy atom. The Kier molecular flexibility index (Phi) is 4.54. The first kappa shape index (κ1) is 13.3. The third kappa shape index (κ3) is 3.68. The molecule has 1 aliphatic heterocycles. The van der Waals surface area contributed by atoms with Gasteiger partial charge in [-0.15, -0.1) is 11.3 Å². The average Bonchev–Trinajstić information content (AvgIpc) is 2.97. The molecule has 2 heterocycles. The molecule has 1 aromatic heterocycles. The Morgan fingerprint density at radius 2 is 2.56 bits per heavy atom. The minimum absolute atomic E-state index is 0.0516. The number of ether oxygens (including phenoxy) is 1. The number of nitrogens with zero attached hydrogens (tertiary/aromatic N) is 1. The third-order valence-electron chi connectivity index (χ3n) is 2.97. The van der Waals surface area contributed by atoms with E-state index < -0.39 is 0 Å². The van der Waals surface area contributed by atoms with E-state index >= 15 is 0 Å². The van der Waals surface area contributed by atoms with Crippen molar-refractivity contribution in [2.75, 3.05) is 6.61 Å². The molecular weight excluding hydrogens is 250 g/mol. The Hall–Kier alpha value is -1.14. The molecule has 2 rings (SSSR count). The fraction of sp³-hybridized carbons (Fsp3) is 0.667. The molecule has 2 atom stereocenters. The average molecular weight is 269 g/mol. The number of nitrogens with one attached hydrogen (secondary N) is 2. The molecule has 6 heteroatoms. The molecular formula is C12H19N3O2S. The van der Waals surface area contributed by atoms with Gasteiger partial charge in [-0.25, -0.2) is 9.78 Å². The van der Waals surface area contributed by atoms with Crippen LogP contribution in [0.3, 0.4) is 0 Å². The summed E-state index contributed by atoms with van der Waals surface area (Å²) in [5.74, 6) is 0. The molecule has 100 valence electrons. The number of rotatable bonds is 4. The van der Waals surface area contributed by atoms with Crippen LogP contribution < -0.4 is 10.6 Å². The van der Waals surface area contributed by atoms with Crippen molar-refractivity contribution in [1.82, 2.24) is 15.6 Å². The standard InChI is InChI=1S/C12H19N3O2S/c1-8(11-4-3-5-17-11)15-12(16)14-7-10-6-13-9(2)18-10/h6,8,11H,3-5,7H2,1-2H3,(H2,14,15,16). The van der Waals surface area contributed by atoms with E-state index in [1.807, 2.05) is 13.8 Å².